The highest BCUT2D eigenvalue weighted by molar-refractivity contribution is 5.84. The van der Waals surface area contributed by atoms with Crippen LogP contribution in [0.1, 0.15) is 60.5 Å². The van der Waals surface area contributed by atoms with Gasteiger partial charge in [0.05, 0.1) is 29.4 Å². The third kappa shape index (κ3) is 5.51. The van der Waals surface area contributed by atoms with Gasteiger partial charge < -0.3 is 15.8 Å². The quantitative estimate of drug-likeness (QED) is 0.498. The number of nitrogens with one attached hydrogen (secondary N) is 1. The average Bonchev–Trinajstić information content (AvgIpc) is 3.35. The van der Waals surface area contributed by atoms with Gasteiger partial charge in [0, 0.05) is 12.0 Å². The van der Waals surface area contributed by atoms with Gasteiger partial charge in [0.1, 0.15) is 5.82 Å². The van der Waals surface area contributed by atoms with Crippen LogP contribution in [-0.4, -0.2) is 24.1 Å². The highest BCUT2D eigenvalue weighted by Crippen LogP contribution is 2.47. The second-order valence-corrected chi connectivity index (χ2v) is 9.43. The zero-order valence-corrected chi connectivity index (χ0v) is 19.2. The Morgan fingerprint density at radius 1 is 0.972 bits per heavy atom. The molecule has 2 fully saturated rings. The summed E-state index contributed by atoms with van der Waals surface area (Å²) in [5.41, 5.74) is 3.47. The van der Waals surface area contributed by atoms with Crippen LogP contribution in [-0.2, 0) is 21.9 Å². The molecule has 1 aliphatic carbocycles. The Kier molecular flexibility index (Phi) is 7.09. The summed E-state index contributed by atoms with van der Waals surface area (Å²) in [6, 6.07) is 6.13. The van der Waals surface area contributed by atoms with Crippen LogP contribution in [0.4, 0.5) is 30.7 Å². The van der Waals surface area contributed by atoms with E-state index in [2.05, 4.69) is 5.32 Å². The summed E-state index contributed by atoms with van der Waals surface area (Å²) in [6.45, 7) is 1.40. The normalized spacial score (nSPS) is 27.8. The van der Waals surface area contributed by atoms with E-state index in [1.165, 1.54) is 19.1 Å². The van der Waals surface area contributed by atoms with Gasteiger partial charge in [0.15, 0.2) is 0 Å². The molecule has 11 heteroatoms. The van der Waals surface area contributed by atoms with Crippen LogP contribution in [0.15, 0.2) is 42.5 Å². The van der Waals surface area contributed by atoms with Gasteiger partial charge in [-0.2, -0.15) is 26.3 Å². The predicted octanol–water partition coefficient (Wildman–Crippen LogP) is 5.72. The molecule has 1 saturated heterocycles. The van der Waals surface area contributed by atoms with Crippen LogP contribution >= 0.6 is 0 Å². The van der Waals surface area contributed by atoms with Crippen molar-refractivity contribution in [1.82, 2.24) is 5.32 Å². The van der Waals surface area contributed by atoms with Gasteiger partial charge in [-0.05, 0) is 73.6 Å². The lowest BCUT2D eigenvalue weighted by atomic mass is 9.82. The fraction of sp³-hybridized carbons (Fsp3) is 0.480. The van der Waals surface area contributed by atoms with Crippen molar-refractivity contribution in [2.75, 3.05) is 0 Å². The highest BCUT2D eigenvalue weighted by atomic mass is 19.4. The molecule has 0 radical (unpaired) electrons. The van der Waals surface area contributed by atoms with Crippen molar-refractivity contribution in [2.45, 2.75) is 68.7 Å². The van der Waals surface area contributed by atoms with Crippen molar-refractivity contribution >= 4 is 5.91 Å². The Hall–Kier alpha value is -2.66. The zero-order chi connectivity index (χ0) is 26.4. The van der Waals surface area contributed by atoms with E-state index in [1.54, 1.807) is 12.1 Å². The number of halogens is 7. The van der Waals surface area contributed by atoms with Crippen molar-refractivity contribution in [1.29, 1.82) is 0 Å². The molecular formula is C25H25F7N2O2. The summed E-state index contributed by atoms with van der Waals surface area (Å²) in [4.78, 5) is 12.0. The molecule has 2 aromatic rings. The smallest absolute Gasteiger partial charge is 0.370 e. The topological polar surface area (TPSA) is 64.3 Å². The van der Waals surface area contributed by atoms with Gasteiger partial charge >= 0.3 is 12.4 Å². The Morgan fingerprint density at radius 3 is 2.06 bits per heavy atom. The molecule has 1 heterocycles. The van der Waals surface area contributed by atoms with Gasteiger partial charge in [0.25, 0.3) is 0 Å². The van der Waals surface area contributed by atoms with Gasteiger partial charge in [0.2, 0.25) is 5.91 Å². The van der Waals surface area contributed by atoms with Crippen molar-refractivity contribution in [2.24, 2.45) is 11.7 Å². The first-order valence-electron chi connectivity index (χ1n) is 11.5. The van der Waals surface area contributed by atoms with Crippen LogP contribution in [0.25, 0.3) is 0 Å². The third-order valence-electron chi connectivity index (χ3n) is 7.05. The Balaban J connectivity index is 1.64. The molecule has 0 spiro atoms. The minimum atomic E-state index is -4.97. The first-order valence-corrected chi connectivity index (χ1v) is 11.5. The maximum Gasteiger partial charge on any atom is 0.416 e. The van der Waals surface area contributed by atoms with E-state index in [9.17, 15) is 35.5 Å². The van der Waals surface area contributed by atoms with Gasteiger partial charge in [-0.1, -0.05) is 12.1 Å². The van der Waals surface area contributed by atoms with Crippen molar-refractivity contribution in [3.63, 3.8) is 0 Å². The molecule has 1 saturated carbocycles. The van der Waals surface area contributed by atoms with E-state index in [0.717, 1.165) is 0 Å². The maximum absolute atomic E-state index is 13.6. The first kappa shape index (κ1) is 26.4. The SMILES string of the molecule is C[C@@H](O[C@H]1CCC([C@H]2C[C@@H](N)C(=O)N2)[C@@H]1c1ccc(F)cc1)c1cc(C(F)(F)F)cc(C(F)(F)F)c1. The molecule has 4 nitrogen and oxygen atoms in total. The lowest BCUT2D eigenvalue weighted by molar-refractivity contribution is -0.143. The molecule has 4 rings (SSSR count). The molecule has 0 aromatic heterocycles. The van der Waals surface area contributed by atoms with E-state index in [1.807, 2.05) is 0 Å². The average molecular weight is 518 g/mol. The zero-order valence-electron chi connectivity index (χ0n) is 19.2. The molecule has 2 aliphatic rings. The molecule has 6 atom stereocenters. The third-order valence-corrected chi connectivity index (χ3v) is 7.05. The summed E-state index contributed by atoms with van der Waals surface area (Å²) >= 11 is 0. The number of benzene rings is 2. The number of carbonyl (C=O) groups excluding carboxylic acids is 1. The largest absolute Gasteiger partial charge is 0.416 e. The number of ether oxygens (including phenoxy) is 1. The number of hydrogen-bond acceptors (Lipinski definition) is 3. The minimum Gasteiger partial charge on any atom is -0.370 e. The van der Waals surface area contributed by atoms with E-state index in [0.29, 0.717) is 37.0 Å². The second-order valence-electron chi connectivity index (χ2n) is 9.43. The summed E-state index contributed by atoms with van der Waals surface area (Å²) in [7, 11) is 0. The van der Waals surface area contributed by atoms with E-state index < -0.39 is 47.5 Å². The predicted molar refractivity (Wildman–Crippen MR) is 116 cm³/mol. The van der Waals surface area contributed by atoms with Crippen LogP contribution < -0.4 is 11.1 Å². The molecule has 3 N–H and O–H groups in total. The fourth-order valence-corrected chi connectivity index (χ4v) is 5.31. The van der Waals surface area contributed by atoms with Gasteiger partial charge in [-0.3, -0.25) is 4.79 Å². The first-order chi connectivity index (χ1) is 16.7. The Bertz CT molecular complexity index is 1070. The van der Waals surface area contributed by atoms with Gasteiger partial charge in [-0.25, -0.2) is 4.39 Å². The maximum atomic E-state index is 13.6. The highest BCUT2D eigenvalue weighted by Gasteiger charge is 2.46. The second kappa shape index (κ2) is 9.66. The van der Waals surface area contributed by atoms with E-state index in [4.69, 9.17) is 10.5 Å². The van der Waals surface area contributed by atoms with Crippen LogP contribution in [0.5, 0.6) is 0 Å². The van der Waals surface area contributed by atoms with Crippen molar-refractivity contribution in [3.8, 4) is 0 Å². The van der Waals surface area contributed by atoms with Crippen LogP contribution in [0, 0.1) is 11.7 Å². The molecule has 0 bridgehead atoms. The number of nitrogens with two attached hydrogens (primary N) is 1. The van der Waals surface area contributed by atoms with Crippen molar-refractivity contribution in [3.05, 3.63) is 70.5 Å². The number of alkyl halides is 6. The molecular weight excluding hydrogens is 493 g/mol. The molecule has 196 valence electrons. The number of carbonyl (C=O) groups is 1. The lowest BCUT2D eigenvalue weighted by Gasteiger charge is -2.31. The Morgan fingerprint density at radius 2 is 1.56 bits per heavy atom. The van der Waals surface area contributed by atoms with Gasteiger partial charge in [-0.15, -0.1) is 0 Å². The summed E-state index contributed by atoms with van der Waals surface area (Å²) in [6.07, 6.45) is -10.2. The summed E-state index contributed by atoms with van der Waals surface area (Å²) in [5.74, 6) is -1.29. The van der Waals surface area contributed by atoms with E-state index >= 15 is 0 Å². The number of rotatable bonds is 5. The summed E-state index contributed by atoms with van der Waals surface area (Å²) < 4.78 is 99.6. The van der Waals surface area contributed by atoms with E-state index in [-0.39, 0.29) is 35.4 Å². The molecule has 2 aromatic carbocycles. The van der Waals surface area contributed by atoms with Crippen LogP contribution in [0.3, 0.4) is 0 Å². The minimum absolute atomic E-state index is 0.0785. The lowest BCUT2D eigenvalue weighted by Crippen LogP contribution is -2.36. The molecule has 1 unspecified atom stereocenters. The molecule has 1 amide bonds. The number of amides is 1. The summed E-state index contributed by atoms with van der Waals surface area (Å²) in [5, 5.41) is 2.87. The monoisotopic (exact) mass is 518 g/mol. The standard InChI is InChI=1S/C25H25F7N2O2/c1-12(14-8-15(24(27,28)29)10-16(9-14)25(30,31)32)36-21-7-6-18(20-11-19(33)23(35)34-20)22(21)13-2-4-17(26)5-3-13/h2-5,8-10,12,18-22H,6-7,11,33H2,1H3,(H,34,35)/t12-,18?,19-,20-,21+,22+/m1/s1. The number of hydrogen-bond donors (Lipinski definition) is 2. The fourth-order valence-electron chi connectivity index (χ4n) is 5.31. The molecule has 36 heavy (non-hydrogen) atoms. The molecule has 1 aliphatic heterocycles. The van der Waals surface area contributed by atoms with Crippen LogP contribution in [0.2, 0.25) is 0 Å². The van der Waals surface area contributed by atoms with Crippen molar-refractivity contribution < 1.29 is 40.3 Å². The Labute approximate surface area is 203 Å².